The standard InChI is InChI=1S/C12H24O6.2C6H13O4.2Rf/c1-9(17-7-11(13)5-15-3)10(2)18-8-12(14)6-16-4;2*1-9-4-6(8)5-10-3-2-7;;/h9-14H,3-8H2,1-2H3;2*6-8H,1-5H2;;/q-2;2*-1;;. The van der Waals surface area contributed by atoms with Gasteiger partial charge in [-0.2, -0.15) is 0 Å². The molecule has 16 heteroatoms. The molecule has 0 saturated carbocycles. The molecule has 14 nitrogen and oxygen atoms in total. The monoisotopic (exact) mass is 1100 g/mol. The van der Waals surface area contributed by atoms with E-state index < -0.39 is 24.4 Å². The Morgan fingerprint density at radius 1 is 0.475 bits per heavy atom. The van der Waals surface area contributed by atoms with Crippen LogP contribution < -0.4 is 0 Å². The molecule has 0 aromatic carbocycles. The second kappa shape index (κ2) is 36.4. The summed E-state index contributed by atoms with van der Waals surface area (Å²) in [5.74, 6) is 0. The minimum Gasteiger partial charge on any atom is -0.553 e. The summed E-state index contributed by atoms with van der Waals surface area (Å²) in [5.41, 5.74) is 0. The summed E-state index contributed by atoms with van der Waals surface area (Å²) in [5, 5.41) is 53.1. The van der Waals surface area contributed by atoms with Gasteiger partial charge in [-0.3, -0.25) is 0 Å². The van der Waals surface area contributed by atoms with E-state index in [4.69, 9.17) is 39.4 Å². The van der Waals surface area contributed by atoms with E-state index in [0.717, 1.165) is 0 Å². The summed E-state index contributed by atoms with van der Waals surface area (Å²) >= 11 is 0. The van der Waals surface area contributed by atoms with Crippen LogP contribution in [0.3, 0.4) is 0 Å². The van der Waals surface area contributed by atoms with Crippen molar-refractivity contribution in [2.24, 2.45) is 0 Å². The van der Waals surface area contributed by atoms with Crippen molar-refractivity contribution >= 4 is 0 Å². The molecule has 0 fully saturated rings. The molecule has 0 saturated heterocycles. The van der Waals surface area contributed by atoms with E-state index in [-0.39, 0.29) is 91.5 Å². The molecule has 0 spiro atoms. The molecule has 0 bridgehead atoms. The van der Waals surface area contributed by atoms with Crippen LogP contribution in [0.2, 0.25) is 0 Å². The maximum atomic E-state index is 9.37. The number of aliphatic hydroxyl groups excluding tert-OH is 6. The number of aliphatic hydroxyl groups is 6. The van der Waals surface area contributed by atoms with Crippen molar-refractivity contribution in [3.05, 3.63) is 28.4 Å². The van der Waals surface area contributed by atoms with Gasteiger partial charge >= 0.3 is 0 Å². The third kappa shape index (κ3) is 37.6. The molecule has 0 amide bonds. The quantitative estimate of drug-likeness (QED) is 0.0510. The summed E-state index contributed by atoms with van der Waals surface area (Å²) in [4.78, 5) is 0. The van der Waals surface area contributed by atoms with Crippen molar-refractivity contribution in [2.45, 2.75) is 50.5 Å². The summed E-state index contributed by atoms with van der Waals surface area (Å²) in [7, 11) is 12.5. The molecular weight excluding hydrogens is 1050 g/mol. The maximum absolute atomic E-state index is 9.37. The van der Waals surface area contributed by atoms with E-state index >= 15 is 0 Å². The second-order valence-corrected chi connectivity index (χ2v) is 7.77. The smallest absolute Gasteiger partial charge is 0.0976 e. The minimum atomic E-state index is -0.706. The Balaban J connectivity index is -0.000000160. The normalized spacial score (nSPS) is 15.0. The largest absolute Gasteiger partial charge is 0.553 e. The third-order valence-electron chi connectivity index (χ3n) is 4.10. The molecule has 6 unspecified atom stereocenters. The fraction of sp³-hybridized carbons (Fsp3) is 0.833. The van der Waals surface area contributed by atoms with E-state index in [1.165, 1.54) is 0 Å². The molecule has 6 atom stereocenters. The van der Waals surface area contributed by atoms with Gasteiger partial charge < -0.3 is 68.5 Å². The Labute approximate surface area is 227 Å². The molecule has 0 aliphatic rings. The SMILES string of the molecule is [CH2-]OCC(O)COC(C)C(C)OCC(O)CO[CH2-].[CH2-]OCC(O)COCCO.[CH2-]OCC(O)COCCO.[Rf].[Rf]. The number of hydrogen-bond acceptors (Lipinski definition) is 14. The number of hydrogen-bond donors (Lipinski definition) is 6. The van der Waals surface area contributed by atoms with Crippen molar-refractivity contribution in [2.75, 3.05) is 79.3 Å². The van der Waals surface area contributed by atoms with E-state index in [0.29, 0.717) is 0 Å². The predicted molar refractivity (Wildman–Crippen MR) is 136 cm³/mol. The topological polar surface area (TPSA) is 195 Å². The van der Waals surface area contributed by atoms with Gasteiger partial charge in [-0.25, -0.2) is 28.4 Å². The number of ether oxygens (including phenoxy) is 8. The van der Waals surface area contributed by atoms with Crippen LogP contribution in [0.15, 0.2) is 0 Å². The second-order valence-electron chi connectivity index (χ2n) is 7.77. The van der Waals surface area contributed by atoms with Crippen LogP contribution >= 0.6 is 0 Å². The average Bonchev–Trinajstić information content (AvgIpc) is 2.87. The molecule has 0 radical (unpaired) electrons. The number of rotatable bonds is 23. The molecule has 6 N–H and O–H groups in total. The maximum Gasteiger partial charge on any atom is 0.0976 e. The van der Waals surface area contributed by atoms with E-state index in [9.17, 15) is 10.2 Å². The summed E-state index contributed by atoms with van der Waals surface area (Å²) < 4.78 is 38.2. The first-order valence-electron chi connectivity index (χ1n) is 11.9. The van der Waals surface area contributed by atoms with Crippen molar-refractivity contribution in [1.29, 1.82) is 0 Å². The van der Waals surface area contributed by atoms with Gasteiger partial charge in [0, 0.05) is 26.4 Å². The Hall–Kier alpha value is -2.56. The van der Waals surface area contributed by atoms with Crippen molar-refractivity contribution in [1.82, 2.24) is 0 Å². The average molecular weight is 1100 g/mol. The Kier molecular flexibility index (Phi) is 43.0. The molecule has 238 valence electrons. The van der Waals surface area contributed by atoms with Crippen LogP contribution in [0.4, 0.5) is 0 Å². The third-order valence-corrected chi connectivity index (χ3v) is 4.10. The Morgan fingerprint density at radius 2 is 0.725 bits per heavy atom. The zero-order valence-electron chi connectivity index (χ0n) is 24.1. The van der Waals surface area contributed by atoms with Crippen LogP contribution in [0, 0.1) is 28.4 Å². The van der Waals surface area contributed by atoms with Gasteiger partial charge in [0.25, 0.3) is 0 Å². The molecule has 40 heavy (non-hydrogen) atoms. The van der Waals surface area contributed by atoms with E-state index in [1.54, 1.807) is 0 Å². The minimum absolute atomic E-state index is 0. The first-order chi connectivity index (χ1) is 18.1. The molecule has 0 aliphatic heterocycles. The van der Waals surface area contributed by atoms with Crippen molar-refractivity contribution in [3.63, 3.8) is 0 Å². The van der Waals surface area contributed by atoms with Crippen molar-refractivity contribution in [3.8, 4) is 0 Å². The van der Waals surface area contributed by atoms with E-state index in [2.05, 4.69) is 47.4 Å². The Bertz CT molecular complexity index is 408. The first kappa shape index (κ1) is 47.2. The van der Waals surface area contributed by atoms with Gasteiger partial charge in [0.1, 0.15) is 0 Å². The Morgan fingerprint density at radius 3 is 0.950 bits per heavy atom. The zero-order valence-corrected chi connectivity index (χ0v) is 36.9. The summed E-state index contributed by atoms with van der Waals surface area (Å²) in [6, 6.07) is 0. The molecule has 0 aromatic heterocycles. The summed E-state index contributed by atoms with van der Waals surface area (Å²) in [6.45, 7) is 5.30. The van der Waals surface area contributed by atoms with Gasteiger partial charge in [-0.15, -0.1) is 0 Å². The molecular formula is C24H50O14Rf2-4. The zero-order chi connectivity index (χ0) is 29.6. The van der Waals surface area contributed by atoms with Gasteiger partial charge in [-0.05, 0) is 13.8 Å². The van der Waals surface area contributed by atoms with Crippen LogP contribution in [0.25, 0.3) is 0 Å². The van der Waals surface area contributed by atoms with Gasteiger partial charge in [0.15, 0.2) is 0 Å². The fourth-order valence-electron chi connectivity index (χ4n) is 2.10. The fourth-order valence-corrected chi connectivity index (χ4v) is 2.10. The van der Waals surface area contributed by atoms with Gasteiger partial charge in [-0.1, -0.05) is 0 Å². The van der Waals surface area contributed by atoms with E-state index in [1.807, 2.05) is 13.8 Å². The van der Waals surface area contributed by atoms with Gasteiger partial charge in [0.2, 0.25) is 0 Å². The molecule has 0 aromatic rings. The van der Waals surface area contributed by atoms with Crippen LogP contribution in [-0.4, -0.2) is 147 Å². The molecule has 0 rings (SSSR count). The first-order valence-corrected chi connectivity index (χ1v) is 11.9. The van der Waals surface area contributed by atoms with Crippen LogP contribution in [-0.2, 0) is 37.9 Å². The summed E-state index contributed by atoms with van der Waals surface area (Å²) in [6.07, 6.45) is -3.13. The predicted octanol–water partition coefficient (Wildman–Crippen LogP) is -1.54. The van der Waals surface area contributed by atoms with Gasteiger partial charge in [0.05, 0.1) is 89.5 Å². The van der Waals surface area contributed by atoms with Crippen LogP contribution in [0.5, 0.6) is 0 Å². The molecule has 0 heterocycles. The van der Waals surface area contributed by atoms with Crippen LogP contribution in [0.1, 0.15) is 13.8 Å². The molecule has 0 aliphatic carbocycles. The van der Waals surface area contributed by atoms with Crippen molar-refractivity contribution < 1.29 is 68.5 Å².